The number of anilines is 4. The van der Waals surface area contributed by atoms with E-state index in [1.165, 1.54) is 0 Å². The number of hydrogen-bond acceptors (Lipinski definition) is 6. The molecule has 1 aromatic heterocycles. The summed E-state index contributed by atoms with van der Waals surface area (Å²) in [6.07, 6.45) is 0.883. The molecule has 0 radical (unpaired) electrons. The highest BCUT2D eigenvalue weighted by molar-refractivity contribution is 6.33. The van der Waals surface area contributed by atoms with E-state index in [0.717, 1.165) is 35.4 Å². The molecule has 1 aliphatic rings. The third-order valence-electron chi connectivity index (χ3n) is 4.73. The highest BCUT2D eigenvalue weighted by Crippen LogP contribution is 2.30. The second kappa shape index (κ2) is 7.52. The van der Waals surface area contributed by atoms with Crippen molar-refractivity contribution in [1.82, 2.24) is 15.3 Å². The van der Waals surface area contributed by atoms with Crippen LogP contribution in [-0.2, 0) is 4.79 Å². The number of aromatic nitrogens is 2. The molecule has 3 aromatic rings. The summed E-state index contributed by atoms with van der Waals surface area (Å²) in [7, 11) is 0. The fourth-order valence-electron chi connectivity index (χ4n) is 3.47. The molecule has 0 bridgehead atoms. The van der Waals surface area contributed by atoms with E-state index in [1.54, 1.807) is 19.1 Å². The lowest BCUT2D eigenvalue weighted by molar-refractivity contribution is -0.119. The van der Waals surface area contributed by atoms with Crippen molar-refractivity contribution < 1.29 is 4.79 Å². The lowest BCUT2D eigenvalue weighted by atomic mass is 10.2. The summed E-state index contributed by atoms with van der Waals surface area (Å²) in [5.74, 6) is 1.32. The predicted octanol–water partition coefficient (Wildman–Crippen LogP) is 3.32. The van der Waals surface area contributed by atoms with Gasteiger partial charge in [-0.15, -0.1) is 0 Å². The van der Waals surface area contributed by atoms with E-state index in [1.807, 2.05) is 30.3 Å². The molecule has 1 unspecified atom stereocenters. The van der Waals surface area contributed by atoms with Crippen LogP contribution < -0.4 is 21.3 Å². The van der Waals surface area contributed by atoms with Gasteiger partial charge in [-0.2, -0.15) is 4.98 Å². The van der Waals surface area contributed by atoms with E-state index in [4.69, 9.17) is 22.3 Å². The van der Waals surface area contributed by atoms with E-state index >= 15 is 0 Å². The fourth-order valence-corrected chi connectivity index (χ4v) is 3.58. The summed E-state index contributed by atoms with van der Waals surface area (Å²) in [5, 5.41) is 7.69. The summed E-state index contributed by atoms with van der Waals surface area (Å²) < 4.78 is 0. The number of nitrogens with one attached hydrogen (secondary N) is 2. The summed E-state index contributed by atoms with van der Waals surface area (Å²) in [6, 6.07) is 13.3. The first-order valence-electron chi connectivity index (χ1n) is 9.10. The van der Waals surface area contributed by atoms with Crippen molar-refractivity contribution in [2.75, 3.05) is 29.0 Å². The number of halogens is 1. The minimum Gasteiger partial charge on any atom is -0.397 e. The van der Waals surface area contributed by atoms with Gasteiger partial charge in [0.2, 0.25) is 11.9 Å². The highest BCUT2D eigenvalue weighted by atomic mass is 35.5. The Kier molecular flexibility index (Phi) is 4.92. The first-order chi connectivity index (χ1) is 13.5. The number of amides is 1. The van der Waals surface area contributed by atoms with Crippen LogP contribution in [0.3, 0.4) is 0 Å². The van der Waals surface area contributed by atoms with E-state index in [-0.39, 0.29) is 11.9 Å². The lowest BCUT2D eigenvalue weighted by Gasteiger charge is -2.20. The van der Waals surface area contributed by atoms with Crippen LogP contribution in [0.1, 0.15) is 13.3 Å². The zero-order valence-electron chi connectivity index (χ0n) is 15.4. The maximum absolute atomic E-state index is 11.4. The van der Waals surface area contributed by atoms with Crippen LogP contribution in [0.25, 0.3) is 10.9 Å². The van der Waals surface area contributed by atoms with Crippen LogP contribution >= 0.6 is 11.6 Å². The standard InChI is InChI=1S/C20H21ClN6O/c1-12(28)23-14-8-9-27(11-14)19-15-4-2-3-5-18(15)25-20(26-19)24-13-6-7-16(21)17(22)10-13/h2-7,10,14H,8-9,11,22H2,1H3,(H,23,28)(H,24,25,26). The molecular formula is C20H21ClN6O. The largest absolute Gasteiger partial charge is 0.397 e. The summed E-state index contributed by atoms with van der Waals surface area (Å²) in [4.78, 5) is 23.0. The normalized spacial score (nSPS) is 16.4. The molecule has 0 aliphatic carbocycles. The molecule has 28 heavy (non-hydrogen) atoms. The van der Waals surface area contributed by atoms with E-state index in [0.29, 0.717) is 23.2 Å². The number of nitrogen functional groups attached to an aromatic ring is 1. The molecule has 144 valence electrons. The number of hydrogen-bond donors (Lipinski definition) is 3. The minimum absolute atomic E-state index is 0.0120. The van der Waals surface area contributed by atoms with Gasteiger partial charge in [-0.05, 0) is 36.8 Å². The van der Waals surface area contributed by atoms with E-state index in [9.17, 15) is 4.79 Å². The van der Waals surface area contributed by atoms with Gasteiger partial charge in [-0.3, -0.25) is 4.79 Å². The molecule has 1 amide bonds. The molecule has 1 atom stereocenters. The van der Waals surface area contributed by atoms with Gasteiger partial charge in [0.1, 0.15) is 5.82 Å². The average molecular weight is 397 g/mol. The SMILES string of the molecule is CC(=O)NC1CCN(c2nc(Nc3ccc(Cl)c(N)c3)nc3ccccc23)C1. The first-order valence-corrected chi connectivity index (χ1v) is 9.48. The Morgan fingerprint density at radius 1 is 1.25 bits per heavy atom. The Hall–Kier alpha value is -3.06. The highest BCUT2D eigenvalue weighted by Gasteiger charge is 2.26. The van der Waals surface area contributed by atoms with Crippen LogP contribution in [0, 0.1) is 0 Å². The maximum atomic E-state index is 11.4. The van der Waals surface area contributed by atoms with E-state index < -0.39 is 0 Å². The van der Waals surface area contributed by atoms with Crippen molar-refractivity contribution in [3.63, 3.8) is 0 Å². The zero-order valence-corrected chi connectivity index (χ0v) is 16.2. The minimum atomic E-state index is -0.0120. The second-order valence-corrected chi connectivity index (χ2v) is 7.29. The number of para-hydroxylation sites is 1. The Bertz CT molecular complexity index is 1040. The molecule has 1 aliphatic heterocycles. The van der Waals surface area contributed by atoms with Crippen LogP contribution in [0.15, 0.2) is 42.5 Å². The van der Waals surface area contributed by atoms with Crippen molar-refractivity contribution >= 4 is 51.6 Å². The maximum Gasteiger partial charge on any atom is 0.229 e. The van der Waals surface area contributed by atoms with Gasteiger partial charge in [0.25, 0.3) is 0 Å². The quantitative estimate of drug-likeness (QED) is 0.585. The molecule has 2 aromatic carbocycles. The third-order valence-corrected chi connectivity index (χ3v) is 5.07. The summed E-state index contributed by atoms with van der Waals surface area (Å²) in [6.45, 7) is 3.08. The van der Waals surface area contributed by atoms with Gasteiger partial charge < -0.3 is 21.3 Å². The molecular weight excluding hydrogens is 376 g/mol. The molecule has 4 N–H and O–H groups in total. The monoisotopic (exact) mass is 396 g/mol. The number of fused-ring (bicyclic) bond motifs is 1. The molecule has 8 heteroatoms. The first kappa shape index (κ1) is 18.3. The molecule has 1 fully saturated rings. The van der Waals surface area contributed by atoms with Crippen molar-refractivity contribution in [3.05, 3.63) is 47.5 Å². The Balaban J connectivity index is 1.67. The molecule has 7 nitrogen and oxygen atoms in total. The third kappa shape index (κ3) is 3.80. The molecule has 4 rings (SSSR count). The van der Waals surface area contributed by atoms with Crippen LogP contribution in [0.5, 0.6) is 0 Å². The van der Waals surface area contributed by atoms with Crippen molar-refractivity contribution in [3.8, 4) is 0 Å². The summed E-state index contributed by atoms with van der Waals surface area (Å²) in [5.41, 5.74) is 8.00. The Morgan fingerprint density at radius 3 is 2.86 bits per heavy atom. The van der Waals surface area contributed by atoms with Crippen LogP contribution in [0.4, 0.5) is 23.1 Å². The van der Waals surface area contributed by atoms with Crippen molar-refractivity contribution in [1.29, 1.82) is 0 Å². The number of benzene rings is 2. The molecule has 1 saturated heterocycles. The van der Waals surface area contributed by atoms with Gasteiger partial charge in [-0.25, -0.2) is 4.98 Å². The van der Waals surface area contributed by atoms with Gasteiger partial charge in [0, 0.05) is 37.1 Å². The number of nitrogens with two attached hydrogens (primary N) is 1. The van der Waals surface area contributed by atoms with E-state index in [2.05, 4.69) is 20.5 Å². The number of nitrogens with zero attached hydrogens (tertiary/aromatic N) is 3. The number of rotatable bonds is 4. The molecule has 0 spiro atoms. The van der Waals surface area contributed by atoms with Gasteiger partial charge >= 0.3 is 0 Å². The molecule has 2 heterocycles. The van der Waals surface area contributed by atoms with Crippen LogP contribution in [0.2, 0.25) is 5.02 Å². The zero-order chi connectivity index (χ0) is 19.7. The fraction of sp³-hybridized carbons (Fsp3) is 0.250. The number of carbonyl (C=O) groups is 1. The van der Waals surface area contributed by atoms with Gasteiger partial charge in [-0.1, -0.05) is 23.7 Å². The van der Waals surface area contributed by atoms with Crippen molar-refractivity contribution in [2.45, 2.75) is 19.4 Å². The van der Waals surface area contributed by atoms with Gasteiger partial charge in [0.05, 0.1) is 16.2 Å². The second-order valence-electron chi connectivity index (χ2n) is 6.88. The Labute approximate surface area is 167 Å². The predicted molar refractivity (Wildman–Crippen MR) is 113 cm³/mol. The van der Waals surface area contributed by atoms with Gasteiger partial charge in [0.15, 0.2) is 0 Å². The lowest BCUT2D eigenvalue weighted by Crippen LogP contribution is -2.35. The van der Waals surface area contributed by atoms with Crippen molar-refractivity contribution in [2.24, 2.45) is 0 Å². The summed E-state index contributed by atoms with van der Waals surface area (Å²) >= 11 is 6.00. The molecule has 0 saturated carbocycles. The average Bonchev–Trinajstić information content (AvgIpc) is 3.11. The Morgan fingerprint density at radius 2 is 2.07 bits per heavy atom. The van der Waals surface area contributed by atoms with Crippen LogP contribution in [-0.4, -0.2) is 35.0 Å². The topological polar surface area (TPSA) is 96.2 Å². The number of carbonyl (C=O) groups excluding carboxylic acids is 1. The smallest absolute Gasteiger partial charge is 0.229 e.